The summed E-state index contributed by atoms with van der Waals surface area (Å²) >= 11 is 7.49. The molecule has 0 N–H and O–H groups in total. The van der Waals surface area contributed by atoms with Crippen LogP contribution in [0.15, 0.2) is 23.1 Å². The van der Waals surface area contributed by atoms with Gasteiger partial charge in [0.1, 0.15) is 5.75 Å². The molecule has 0 aliphatic rings. The zero-order chi connectivity index (χ0) is 10.7. The normalized spacial score (nSPS) is 12.3. The van der Waals surface area contributed by atoms with Crippen molar-refractivity contribution in [3.05, 3.63) is 23.8 Å². The minimum atomic E-state index is -0.208. The summed E-state index contributed by atoms with van der Waals surface area (Å²) in [7, 11) is 1.56. The number of hydrogen-bond acceptors (Lipinski definition) is 3. The van der Waals surface area contributed by atoms with Crippen molar-refractivity contribution in [1.82, 2.24) is 0 Å². The van der Waals surface area contributed by atoms with Gasteiger partial charge in [-0.15, -0.1) is 12.6 Å². The van der Waals surface area contributed by atoms with Gasteiger partial charge < -0.3 is 4.74 Å². The van der Waals surface area contributed by atoms with Gasteiger partial charge in [0.15, 0.2) is 5.78 Å². The predicted molar refractivity (Wildman–Crippen MR) is 63.0 cm³/mol. The number of benzene rings is 1. The zero-order valence-corrected chi connectivity index (χ0v) is 10.4. The highest BCUT2D eigenvalue weighted by atomic mass is 79.9. The third-order valence-corrected chi connectivity index (χ3v) is 2.72. The maximum absolute atomic E-state index is 11.7. The molecule has 4 heteroatoms. The molecule has 0 saturated heterocycles. The molecule has 0 aromatic heterocycles. The molecule has 1 rings (SSSR count). The van der Waals surface area contributed by atoms with E-state index in [9.17, 15) is 4.79 Å². The predicted octanol–water partition coefficient (Wildman–Crippen LogP) is 2.95. The molecule has 76 valence electrons. The highest BCUT2D eigenvalue weighted by Crippen LogP contribution is 2.27. The number of carbonyl (C=O) groups excluding carboxylic acids is 1. The van der Waals surface area contributed by atoms with Crippen molar-refractivity contribution < 1.29 is 9.53 Å². The van der Waals surface area contributed by atoms with Crippen LogP contribution in [0, 0.1) is 0 Å². The Hall–Kier alpha value is -0.480. The van der Waals surface area contributed by atoms with E-state index in [1.54, 1.807) is 32.2 Å². The van der Waals surface area contributed by atoms with Gasteiger partial charge in [0.25, 0.3) is 0 Å². The van der Waals surface area contributed by atoms with Crippen LogP contribution in [-0.2, 0) is 0 Å². The average molecular weight is 275 g/mol. The summed E-state index contributed by atoms with van der Waals surface area (Å²) in [5, 5.41) is 0. The summed E-state index contributed by atoms with van der Waals surface area (Å²) in [6.07, 6.45) is 0. The first-order valence-corrected chi connectivity index (χ1v) is 5.48. The van der Waals surface area contributed by atoms with Gasteiger partial charge in [0.05, 0.1) is 16.8 Å². The van der Waals surface area contributed by atoms with Gasteiger partial charge >= 0.3 is 0 Å². The van der Waals surface area contributed by atoms with Crippen LogP contribution in [0.4, 0.5) is 0 Å². The van der Waals surface area contributed by atoms with E-state index in [1.165, 1.54) is 0 Å². The largest absolute Gasteiger partial charge is 0.496 e. The third-order valence-electron chi connectivity index (χ3n) is 1.85. The van der Waals surface area contributed by atoms with Gasteiger partial charge in [0, 0.05) is 5.56 Å². The second-order valence-corrected chi connectivity index (χ2v) is 4.66. The number of ether oxygens (including phenoxy) is 1. The summed E-state index contributed by atoms with van der Waals surface area (Å²) in [6, 6.07) is 5.30. The third kappa shape index (κ3) is 2.30. The molecule has 1 aromatic carbocycles. The van der Waals surface area contributed by atoms with E-state index in [0.29, 0.717) is 16.2 Å². The van der Waals surface area contributed by atoms with Crippen molar-refractivity contribution in [3.8, 4) is 5.75 Å². The quantitative estimate of drug-likeness (QED) is 0.521. The van der Waals surface area contributed by atoms with Crippen LogP contribution in [0.2, 0.25) is 0 Å². The Morgan fingerprint density at radius 1 is 1.57 bits per heavy atom. The number of alkyl halides is 1. The molecule has 14 heavy (non-hydrogen) atoms. The summed E-state index contributed by atoms with van der Waals surface area (Å²) in [6.45, 7) is 1.79. The molecule has 0 heterocycles. The van der Waals surface area contributed by atoms with Crippen molar-refractivity contribution in [2.24, 2.45) is 0 Å². The van der Waals surface area contributed by atoms with Crippen LogP contribution in [0.3, 0.4) is 0 Å². The van der Waals surface area contributed by atoms with Crippen molar-refractivity contribution in [3.63, 3.8) is 0 Å². The lowest BCUT2D eigenvalue weighted by atomic mass is 10.1. The lowest BCUT2D eigenvalue weighted by molar-refractivity contribution is 0.0992. The second kappa shape index (κ2) is 4.84. The van der Waals surface area contributed by atoms with Gasteiger partial charge in [-0.25, -0.2) is 0 Å². The van der Waals surface area contributed by atoms with E-state index in [0.717, 1.165) is 0 Å². The number of carbonyl (C=O) groups is 1. The average Bonchev–Trinajstić information content (AvgIpc) is 2.17. The SMILES string of the molecule is COc1cccc(C(=O)C(C)Br)c1S. The monoisotopic (exact) mass is 274 g/mol. The topological polar surface area (TPSA) is 26.3 Å². The first-order chi connectivity index (χ1) is 6.57. The highest BCUT2D eigenvalue weighted by Gasteiger charge is 2.16. The molecule has 0 fully saturated rings. The fraction of sp³-hybridized carbons (Fsp3) is 0.300. The summed E-state index contributed by atoms with van der Waals surface area (Å²) in [4.78, 5) is 12.1. The van der Waals surface area contributed by atoms with E-state index in [4.69, 9.17) is 4.74 Å². The maximum Gasteiger partial charge on any atom is 0.177 e. The van der Waals surface area contributed by atoms with Gasteiger partial charge in [-0.3, -0.25) is 4.79 Å². The molecular weight excluding hydrogens is 264 g/mol. The summed E-state index contributed by atoms with van der Waals surface area (Å²) in [5.41, 5.74) is 0.581. The molecule has 0 aliphatic heterocycles. The molecule has 0 amide bonds. The van der Waals surface area contributed by atoms with E-state index in [1.807, 2.05) is 0 Å². The Morgan fingerprint density at radius 2 is 2.21 bits per heavy atom. The van der Waals surface area contributed by atoms with E-state index >= 15 is 0 Å². The fourth-order valence-electron chi connectivity index (χ4n) is 1.10. The molecular formula is C10H11BrO2S. The summed E-state index contributed by atoms with van der Waals surface area (Å²) in [5.74, 6) is 0.626. The number of rotatable bonds is 3. The number of hydrogen-bond donors (Lipinski definition) is 1. The first kappa shape index (κ1) is 11.6. The minimum Gasteiger partial charge on any atom is -0.496 e. The fourth-order valence-corrected chi connectivity index (χ4v) is 1.70. The Labute approximate surface area is 97.2 Å². The number of halogens is 1. The number of thiol groups is 1. The van der Waals surface area contributed by atoms with Gasteiger partial charge in [-0.2, -0.15) is 0 Å². The molecule has 2 nitrogen and oxygen atoms in total. The highest BCUT2D eigenvalue weighted by molar-refractivity contribution is 9.10. The number of methoxy groups -OCH3 is 1. The molecule has 1 atom stereocenters. The van der Waals surface area contributed by atoms with Gasteiger partial charge in [0.2, 0.25) is 0 Å². The standard InChI is InChI=1S/C10H11BrO2S/c1-6(11)9(12)7-4-3-5-8(13-2)10(7)14/h3-6,14H,1-2H3. The second-order valence-electron chi connectivity index (χ2n) is 2.84. The van der Waals surface area contributed by atoms with Crippen molar-refractivity contribution in [2.45, 2.75) is 16.6 Å². The van der Waals surface area contributed by atoms with Crippen molar-refractivity contribution >= 4 is 34.3 Å². The molecule has 0 bridgehead atoms. The van der Waals surface area contributed by atoms with E-state index in [-0.39, 0.29) is 10.6 Å². The maximum atomic E-state index is 11.7. The molecule has 0 radical (unpaired) electrons. The minimum absolute atomic E-state index is 0.00824. The molecule has 1 aromatic rings. The van der Waals surface area contributed by atoms with Gasteiger partial charge in [-0.05, 0) is 19.1 Å². The summed E-state index contributed by atoms with van der Waals surface area (Å²) < 4.78 is 5.07. The van der Waals surface area contributed by atoms with Crippen LogP contribution in [-0.4, -0.2) is 17.7 Å². The Kier molecular flexibility index (Phi) is 4.01. The van der Waals surface area contributed by atoms with Gasteiger partial charge in [-0.1, -0.05) is 22.0 Å². The zero-order valence-electron chi connectivity index (χ0n) is 7.95. The Balaban J connectivity index is 3.16. The van der Waals surface area contributed by atoms with E-state index < -0.39 is 0 Å². The van der Waals surface area contributed by atoms with Crippen LogP contribution in [0.5, 0.6) is 5.75 Å². The van der Waals surface area contributed by atoms with Crippen LogP contribution < -0.4 is 4.74 Å². The Morgan fingerprint density at radius 3 is 2.71 bits per heavy atom. The molecule has 1 unspecified atom stereocenters. The van der Waals surface area contributed by atoms with Crippen LogP contribution >= 0.6 is 28.6 Å². The lowest BCUT2D eigenvalue weighted by Crippen LogP contribution is -2.11. The molecule has 0 spiro atoms. The molecule has 0 aliphatic carbocycles. The van der Waals surface area contributed by atoms with Crippen molar-refractivity contribution in [1.29, 1.82) is 0 Å². The van der Waals surface area contributed by atoms with Crippen LogP contribution in [0.25, 0.3) is 0 Å². The number of ketones is 1. The number of Topliss-reactive ketones (excluding diaryl/α,β-unsaturated/α-hetero) is 1. The van der Waals surface area contributed by atoms with E-state index in [2.05, 4.69) is 28.6 Å². The first-order valence-electron chi connectivity index (χ1n) is 4.12. The smallest absolute Gasteiger partial charge is 0.177 e. The van der Waals surface area contributed by atoms with Crippen molar-refractivity contribution in [2.75, 3.05) is 7.11 Å². The Bertz CT molecular complexity index is 350. The lowest BCUT2D eigenvalue weighted by Gasteiger charge is -2.09. The van der Waals surface area contributed by atoms with Crippen LogP contribution in [0.1, 0.15) is 17.3 Å². The molecule has 0 saturated carbocycles.